The summed E-state index contributed by atoms with van der Waals surface area (Å²) >= 11 is 0. The van der Waals surface area contributed by atoms with Crippen molar-refractivity contribution in [2.75, 3.05) is 26.7 Å². The normalized spacial score (nSPS) is 22.7. The Kier molecular flexibility index (Phi) is 4.61. The molecule has 1 heterocycles. The fraction of sp³-hybridized carbons (Fsp3) is 0.714. The van der Waals surface area contributed by atoms with Crippen molar-refractivity contribution < 1.29 is 14.7 Å². The summed E-state index contributed by atoms with van der Waals surface area (Å²) in [5.74, 6) is -0.797. The van der Waals surface area contributed by atoms with Crippen molar-refractivity contribution in [2.24, 2.45) is 11.3 Å². The lowest BCUT2D eigenvalue weighted by Gasteiger charge is -2.30. The van der Waals surface area contributed by atoms with Gasteiger partial charge in [0.2, 0.25) is 0 Å². The van der Waals surface area contributed by atoms with Gasteiger partial charge in [-0.1, -0.05) is 26.0 Å². The molecule has 0 aromatic heterocycles. The molecule has 0 radical (unpaired) electrons. The van der Waals surface area contributed by atoms with Crippen LogP contribution in [-0.2, 0) is 4.79 Å². The highest BCUT2D eigenvalue weighted by atomic mass is 16.4. The van der Waals surface area contributed by atoms with E-state index in [2.05, 4.69) is 6.58 Å². The molecule has 0 aliphatic carbocycles. The van der Waals surface area contributed by atoms with Gasteiger partial charge >= 0.3 is 12.0 Å². The van der Waals surface area contributed by atoms with E-state index < -0.39 is 11.4 Å². The van der Waals surface area contributed by atoms with E-state index >= 15 is 0 Å². The molecule has 19 heavy (non-hydrogen) atoms. The van der Waals surface area contributed by atoms with Crippen molar-refractivity contribution in [2.45, 2.75) is 27.2 Å². The van der Waals surface area contributed by atoms with Gasteiger partial charge in [-0.2, -0.15) is 0 Å². The van der Waals surface area contributed by atoms with Gasteiger partial charge in [-0.3, -0.25) is 4.79 Å². The summed E-state index contributed by atoms with van der Waals surface area (Å²) in [5.41, 5.74) is 0.100. The van der Waals surface area contributed by atoms with E-state index in [0.29, 0.717) is 26.1 Å². The molecule has 1 N–H and O–H groups in total. The molecule has 2 amide bonds. The topological polar surface area (TPSA) is 60.9 Å². The molecular formula is C14H24N2O3. The van der Waals surface area contributed by atoms with Gasteiger partial charge in [-0.25, -0.2) is 4.79 Å². The summed E-state index contributed by atoms with van der Waals surface area (Å²) in [6.45, 7) is 10.7. The molecule has 1 unspecified atom stereocenters. The van der Waals surface area contributed by atoms with Gasteiger partial charge in [-0.05, 0) is 19.3 Å². The number of likely N-dealkylation sites (tertiary alicyclic amines) is 1. The van der Waals surface area contributed by atoms with E-state index in [1.165, 1.54) is 0 Å². The maximum Gasteiger partial charge on any atom is 0.320 e. The summed E-state index contributed by atoms with van der Waals surface area (Å²) in [4.78, 5) is 27.0. The van der Waals surface area contributed by atoms with E-state index in [1.54, 1.807) is 16.8 Å². The molecule has 1 atom stereocenters. The zero-order valence-corrected chi connectivity index (χ0v) is 12.3. The minimum Gasteiger partial charge on any atom is -0.481 e. The van der Waals surface area contributed by atoms with Crippen molar-refractivity contribution in [3.05, 3.63) is 12.2 Å². The smallest absolute Gasteiger partial charge is 0.320 e. The van der Waals surface area contributed by atoms with E-state index in [9.17, 15) is 14.7 Å². The molecule has 1 aliphatic heterocycles. The molecule has 108 valence electrons. The summed E-state index contributed by atoms with van der Waals surface area (Å²) in [6.07, 6.45) is 0.520. The number of carbonyl (C=O) groups is 2. The number of urea groups is 1. The first kappa shape index (κ1) is 15.5. The average molecular weight is 268 g/mol. The van der Waals surface area contributed by atoms with Gasteiger partial charge in [0.15, 0.2) is 0 Å². The van der Waals surface area contributed by atoms with Crippen LogP contribution >= 0.6 is 0 Å². The lowest BCUT2D eigenvalue weighted by Crippen LogP contribution is -2.44. The van der Waals surface area contributed by atoms with Crippen LogP contribution in [-0.4, -0.2) is 53.6 Å². The third-order valence-corrected chi connectivity index (χ3v) is 3.94. The second-order valence-corrected chi connectivity index (χ2v) is 5.88. The molecule has 5 nitrogen and oxygen atoms in total. The van der Waals surface area contributed by atoms with Gasteiger partial charge in [-0.15, -0.1) is 0 Å². The standard InChI is InChI=1S/C14H24N2O3/c1-10(2)8-15(5)13(19)16-7-6-14(9-16,11(3)4)12(17)18/h11H,1,6-9H2,2-5H3,(H,17,18). The van der Waals surface area contributed by atoms with Crippen LogP contribution in [0.2, 0.25) is 0 Å². The van der Waals surface area contributed by atoms with Gasteiger partial charge in [0.05, 0.1) is 5.41 Å². The van der Waals surface area contributed by atoms with Crippen molar-refractivity contribution in [1.29, 1.82) is 0 Å². The van der Waals surface area contributed by atoms with Crippen LogP contribution in [0.4, 0.5) is 4.79 Å². The van der Waals surface area contributed by atoms with Crippen molar-refractivity contribution in [3.63, 3.8) is 0 Å². The Morgan fingerprint density at radius 3 is 2.42 bits per heavy atom. The minimum absolute atomic E-state index is 0.00856. The van der Waals surface area contributed by atoms with E-state index in [4.69, 9.17) is 0 Å². The molecule has 0 aromatic carbocycles. The number of carboxylic acid groups (broad SMARTS) is 1. The summed E-state index contributed by atoms with van der Waals surface area (Å²) in [5, 5.41) is 9.45. The average Bonchev–Trinajstić information content (AvgIpc) is 2.72. The van der Waals surface area contributed by atoms with Gasteiger partial charge in [0, 0.05) is 26.7 Å². The first-order chi connectivity index (χ1) is 8.70. The molecular weight excluding hydrogens is 244 g/mol. The monoisotopic (exact) mass is 268 g/mol. The zero-order chi connectivity index (χ0) is 14.8. The minimum atomic E-state index is -0.806. The van der Waals surface area contributed by atoms with Crippen molar-refractivity contribution in [3.8, 4) is 0 Å². The van der Waals surface area contributed by atoms with Crippen molar-refractivity contribution >= 4 is 12.0 Å². The van der Waals surface area contributed by atoms with E-state index in [-0.39, 0.29) is 11.9 Å². The van der Waals surface area contributed by atoms with Gasteiger partial charge < -0.3 is 14.9 Å². The number of hydrogen-bond donors (Lipinski definition) is 1. The number of nitrogens with zero attached hydrogens (tertiary/aromatic N) is 2. The summed E-state index contributed by atoms with van der Waals surface area (Å²) in [7, 11) is 1.72. The third kappa shape index (κ3) is 3.08. The number of aliphatic carboxylic acids is 1. The Bertz CT molecular complexity index is 392. The lowest BCUT2D eigenvalue weighted by atomic mass is 9.76. The number of amides is 2. The Balaban J connectivity index is 2.77. The number of likely N-dealkylation sites (N-methyl/N-ethyl adjacent to an activating group) is 1. The third-order valence-electron chi connectivity index (χ3n) is 3.94. The molecule has 1 saturated heterocycles. The molecule has 0 saturated carbocycles. The molecule has 0 spiro atoms. The molecule has 5 heteroatoms. The number of carbonyl (C=O) groups excluding carboxylic acids is 1. The largest absolute Gasteiger partial charge is 0.481 e. The molecule has 1 aliphatic rings. The van der Waals surface area contributed by atoms with Crippen LogP contribution in [0, 0.1) is 11.3 Å². The maximum absolute atomic E-state index is 12.2. The molecule has 1 rings (SSSR count). The number of carboxylic acids is 1. The molecule has 0 bridgehead atoms. The Labute approximate surface area is 114 Å². The molecule has 0 aromatic rings. The maximum atomic E-state index is 12.2. The number of rotatable bonds is 4. The summed E-state index contributed by atoms with van der Waals surface area (Å²) in [6, 6.07) is -0.119. The van der Waals surface area contributed by atoms with Gasteiger partial charge in [0.25, 0.3) is 0 Å². The van der Waals surface area contributed by atoms with Crippen LogP contribution in [0.25, 0.3) is 0 Å². The lowest BCUT2D eigenvalue weighted by molar-refractivity contribution is -0.150. The highest BCUT2D eigenvalue weighted by Crippen LogP contribution is 2.38. The predicted octanol–water partition coefficient (Wildman–Crippen LogP) is 2.05. The van der Waals surface area contributed by atoms with E-state index in [0.717, 1.165) is 5.57 Å². The first-order valence-corrected chi connectivity index (χ1v) is 6.58. The van der Waals surface area contributed by atoms with Crippen LogP contribution in [0.5, 0.6) is 0 Å². The Morgan fingerprint density at radius 2 is 2.05 bits per heavy atom. The van der Waals surface area contributed by atoms with Crippen LogP contribution in [0.3, 0.4) is 0 Å². The van der Waals surface area contributed by atoms with Crippen molar-refractivity contribution in [1.82, 2.24) is 9.80 Å². The second-order valence-electron chi connectivity index (χ2n) is 5.88. The SMILES string of the molecule is C=C(C)CN(C)C(=O)N1CCC(C(=O)O)(C(C)C)C1. The summed E-state index contributed by atoms with van der Waals surface area (Å²) < 4.78 is 0. The Hall–Kier alpha value is -1.52. The van der Waals surface area contributed by atoms with Gasteiger partial charge in [0.1, 0.15) is 0 Å². The molecule has 1 fully saturated rings. The highest BCUT2D eigenvalue weighted by molar-refractivity contribution is 5.80. The quantitative estimate of drug-likeness (QED) is 0.794. The highest BCUT2D eigenvalue weighted by Gasteiger charge is 2.48. The first-order valence-electron chi connectivity index (χ1n) is 6.58. The van der Waals surface area contributed by atoms with Crippen LogP contribution in [0.15, 0.2) is 12.2 Å². The van der Waals surface area contributed by atoms with Crippen LogP contribution < -0.4 is 0 Å². The predicted molar refractivity (Wildman–Crippen MR) is 73.9 cm³/mol. The zero-order valence-electron chi connectivity index (χ0n) is 12.3. The fourth-order valence-electron chi connectivity index (χ4n) is 2.60. The number of hydrogen-bond acceptors (Lipinski definition) is 2. The van der Waals surface area contributed by atoms with Crippen LogP contribution in [0.1, 0.15) is 27.2 Å². The fourth-order valence-corrected chi connectivity index (χ4v) is 2.60. The second kappa shape index (κ2) is 5.63. The Morgan fingerprint density at radius 1 is 1.47 bits per heavy atom. The van der Waals surface area contributed by atoms with E-state index in [1.807, 2.05) is 20.8 Å².